The predicted octanol–water partition coefficient (Wildman–Crippen LogP) is 2.29. The zero-order chi connectivity index (χ0) is 8.93. The normalized spacial score (nSPS) is 31.1. The zero-order valence-electron chi connectivity index (χ0n) is 8.63. The van der Waals surface area contributed by atoms with E-state index in [1.54, 1.807) is 5.57 Å². The number of rotatable bonds is 1. The summed E-state index contributed by atoms with van der Waals surface area (Å²) in [5.41, 5.74) is 1.55. The molecule has 0 bridgehead atoms. The predicted molar refractivity (Wildman–Crippen MR) is 61.0 cm³/mol. The lowest BCUT2D eigenvalue weighted by Gasteiger charge is -2.22. The van der Waals surface area contributed by atoms with Crippen molar-refractivity contribution < 1.29 is 4.74 Å². The fraction of sp³-hybridized carbons (Fsp3) is 0.818. The molecule has 2 rings (SSSR count). The Kier molecular flexibility index (Phi) is 5.53. The minimum Gasteiger partial charge on any atom is -0.374 e. The van der Waals surface area contributed by atoms with Gasteiger partial charge in [0.05, 0.1) is 6.10 Å². The molecule has 2 aliphatic rings. The summed E-state index contributed by atoms with van der Waals surface area (Å²) in [4.78, 5) is 0. The van der Waals surface area contributed by atoms with Crippen LogP contribution in [0, 0.1) is 0 Å². The highest BCUT2D eigenvalue weighted by Gasteiger charge is 2.13. The van der Waals surface area contributed by atoms with Gasteiger partial charge in [0.15, 0.2) is 0 Å². The minimum absolute atomic E-state index is 0. The molecule has 0 saturated carbocycles. The summed E-state index contributed by atoms with van der Waals surface area (Å²) in [5, 5.41) is 3.40. The van der Waals surface area contributed by atoms with Crippen molar-refractivity contribution in [2.45, 2.75) is 38.2 Å². The molecular weight excluding hydrogens is 198 g/mol. The fourth-order valence-electron chi connectivity index (χ4n) is 2.08. The maximum atomic E-state index is 5.68. The molecule has 0 aliphatic carbocycles. The van der Waals surface area contributed by atoms with Crippen LogP contribution in [0.4, 0.5) is 0 Å². The van der Waals surface area contributed by atoms with Crippen molar-refractivity contribution in [3.05, 3.63) is 11.6 Å². The van der Waals surface area contributed by atoms with E-state index in [0.717, 1.165) is 13.2 Å². The van der Waals surface area contributed by atoms with E-state index in [-0.39, 0.29) is 12.4 Å². The van der Waals surface area contributed by atoms with Crippen LogP contribution in [-0.4, -0.2) is 25.8 Å². The van der Waals surface area contributed by atoms with Gasteiger partial charge in [-0.25, -0.2) is 0 Å². The van der Waals surface area contributed by atoms with E-state index >= 15 is 0 Å². The maximum absolute atomic E-state index is 5.68. The van der Waals surface area contributed by atoms with Crippen molar-refractivity contribution in [3.63, 3.8) is 0 Å². The molecule has 0 spiro atoms. The Morgan fingerprint density at radius 2 is 2.21 bits per heavy atom. The van der Waals surface area contributed by atoms with Crippen molar-refractivity contribution in [2.75, 3.05) is 19.7 Å². The second-order valence-electron chi connectivity index (χ2n) is 4.01. The molecule has 2 aliphatic heterocycles. The van der Waals surface area contributed by atoms with Gasteiger partial charge in [-0.15, -0.1) is 12.4 Å². The molecule has 1 atom stereocenters. The zero-order valence-corrected chi connectivity index (χ0v) is 9.44. The molecule has 0 aromatic rings. The fourth-order valence-corrected chi connectivity index (χ4v) is 2.08. The number of hydrogen-bond donors (Lipinski definition) is 1. The Morgan fingerprint density at radius 3 is 2.86 bits per heavy atom. The summed E-state index contributed by atoms with van der Waals surface area (Å²) in [6.07, 6.45) is 9.14. The molecule has 3 heteroatoms. The van der Waals surface area contributed by atoms with Crippen molar-refractivity contribution in [1.29, 1.82) is 0 Å². The van der Waals surface area contributed by atoms with Crippen LogP contribution in [0.25, 0.3) is 0 Å². The second-order valence-corrected chi connectivity index (χ2v) is 4.01. The van der Waals surface area contributed by atoms with Crippen LogP contribution in [0.5, 0.6) is 0 Å². The number of hydrogen-bond acceptors (Lipinski definition) is 2. The molecule has 2 heterocycles. The van der Waals surface area contributed by atoms with Crippen LogP contribution >= 0.6 is 12.4 Å². The van der Waals surface area contributed by atoms with E-state index in [0.29, 0.717) is 6.10 Å². The molecule has 0 aromatic heterocycles. The Balaban J connectivity index is 0.000000980. The first-order valence-corrected chi connectivity index (χ1v) is 5.47. The van der Waals surface area contributed by atoms with E-state index in [1.165, 1.54) is 38.6 Å². The topological polar surface area (TPSA) is 21.3 Å². The third-order valence-electron chi connectivity index (χ3n) is 2.84. The smallest absolute Gasteiger partial charge is 0.0758 e. The summed E-state index contributed by atoms with van der Waals surface area (Å²) in [6.45, 7) is 3.23. The average Bonchev–Trinajstić information content (AvgIpc) is 2.21. The molecule has 0 aromatic carbocycles. The SMILES string of the molecule is C(=C1\CCCNC1)/C1CCCCO1.Cl. The molecule has 2 nitrogen and oxygen atoms in total. The Morgan fingerprint density at radius 1 is 1.29 bits per heavy atom. The Hall–Kier alpha value is -0.0500. The van der Waals surface area contributed by atoms with Gasteiger partial charge in [0.25, 0.3) is 0 Å². The molecule has 1 N–H and O–H groups in total. The van der Waals surface area contributed by atoms with Crippen molar-refractivity contribution in [1.82, 2.24) is 5.32 Å². The van der Waals surface area contributed by atoms with E-state index in [2.05, 4.69) is 11.4 Å². The minimum atomic E-state index is 0. The molecule has 14 heavy (non-hydrogen) atoms. The number of piperidine rings is 1. The van der Waals surface area contributed by atoms with Crippen LogP contribution in [0.3, 0.4) is 0 Å². The first-order valence-electron chi connectivity index (χ1n) is 5.47. The highest BCUT2D eigenvalue weighted by atomic mass is 35.5. The summed E-state index contributed by atoms with van der Waals surface area (Å²) in [7, 11) is 0. The van der Waals surface area contributed by atoms with Gasteiger partial charge in [-0.2, -0.15) is 0 Å². The first kappa shape index (κ1) is 12.0. The highest BCUT2D eigenvalue weighted by molar-refractivity contribution is 5.85. The lowest BCUT2D eigenvalue weighted by atomic mass is 10.0. The molecule has 0 amide bonds. The van der Waals surface area contributed by atoms with E-state index < -0.39 is 0 Å². The summed E-state index contributed by atoms with van der Waals surface area (Å²) >= 11 is 0. The van der Waals surface area contributed by atoms with E-state index in [4.69, 9.17) is 4.74 Å². The number of nitrogens with one attached hydrogen (secondary N) is 1. The molecule has 2 saturated heterocycles. The maximum Gasteiger partial charge on any atom is 0.0758 e. The second kappa shape index (κ2) is 6.44. The van der Waals surface area contributed by atoms with Gasteiger partial charge in [-0.1, -0.05) is 11.6 Å². The first-order chi connectivity index (χ1) is 6.45. The monoisotopic (exact) mass is 217 g/mol. The average molecular weight is 218 g/mol. The lowest BCUT2D eigenvalue weighted by Crippen LogP contribution is -2.26. The molecular formula is C11H20ClNO. The van der Waals surface area contributed by atoms with Gasteiger partial charge in [-0.05, 0) is 38.6 Å². The van der Waals surface area contributed by atoms with Gasteiger partial charge in [0, 0.05) is 13.2 Å². The van der Waals surface area contributed by atoms with Crippen LogP contribution in [0.15, 0.2) is 11.6 Å². The summed E-state index contributed by atoms with van der Waals surface area (Å²) < 4.78 is 5.68. The molecule has 1 unspecified atom stereocenters. The third kappa shape index (κ3) is 3.60. The van der Waals surface area contributed by atoms with Gasteiger partial charge >= 0.3 is 0 Å². The van der Waals surface area contributed by atoms with Crippen LogP contribution < -0.4 is 5.32 Å². The third-order valence-corrected chi connectivity index (χ3v) is 2.84. The molecule has 82 valence electrons. The van der Waals surface area contributed by atoms with Crippen LogP contribution in [0.1, 0.15) is 32.1 Å². The summed E-state index contributed by atoms with van der Waals surface area (Å²) in [5.74, 6) is 0. The van der Waals surface area contributed by atoms with Gasteiger partial charge in [0.2, 0.25) is 0 Å². The number of halogens is 1. The van der Waals surface area contributed by atoms with Crippen molar-refractivity contribution in [2.24, 2.45) is 0 Å². The highest BCUT2D eigenvalue weighted by Crippen LogP contribution is 2.17. The molecule has 2 fully saturated rings. The van der Waals surface area contributed by atoms with Gasteiger partial charge in [0.1, 0.15) is 0 Å². The number of ether oxygens (including phenoxy) is 1. The van der Waals surface area contributed by atoms with Crippen LogP contribution in [0.2, 0.25) is 0 Å². The van der Waals surface area contributed by atoms with Gasteiger partial charge in [-0.3, -0.25) is 0 Å². The lowest BCUT2D eigenvalue weighted by molar-refractivity contribution is 0.0459. The Bertz CT molecular complexity index is 180. The Labute approximate surface area is 92.5 Å². The quantitative estimate of drug-likeness (QED) is 0.681. The van der Waals surface area contributed by atoms with Gasteiger partial charge < -0.3 is 10.1 Å². The molecule has 0 radical (unpaired) electrons. The standard InChI is InChI=1S/C11H19NO.ClH/c1-2-7-13-11(5-1)8-10-4-3-6-12-9-10;/h8,11-12H,1-7,9H2;1H/b10-8-;. The van der Waals surface area contributed by atoms with E-state index in [1.807, 2.05) is 0 Å². The van der Waals surface area contributed by atoms with Crippen LogP contribution in [-0.2, 0) is 4.74 Å². The summed E-state index contributed by atoms with van der Waals surface area (Å²) in [6, 6.07) is 0. The largest absolute Gasteiger partial charge is 0.374 e. The van der Waals surface area contributed by atoms with E-state index in [9.17, 15) is 0 Å². The van der Waals surface area contributed by atoms with Crippen molar-refractivity contribution >= 4 is 12.4 Å². The van der Waals surface area contributed by atoms with Crippen molar-refractivity contribution in [3.8, 4) is 0 Å².